The van der Waals surface area contributed by atoms with Crippen LogP contribution in [0.5, 0.6) is 0 Å². The molecule has 27 heavy (non-hydrogen) atoms. The molecule has 5 nitrogen and oxygen atoms in total. The lowest BCUT2D eigenvalue weighted by Crippen LogP contribution is -2.49. The summed E-state index contributed by atoms with van der Waals surface area (Å²) in [5.74, 6) is -0.0512. The van der Waals surface area contributed by atoms with Crippen LogP contribution >= 0.6 is 0 Å². The number of carbonyl (C=O) groups excluding carboxylic acids is 2. The summed E-state index contributed by atoms with van der Waals surface area (Å²) in [6.45, 7) is 3.36. The molecule has 1 aliphatic heterocycles. The van der Waals surface area contributed by atoms with Crippen LogP contribution in [0.4, 0.5) is 0 Å². The van der Waals surface area contributed by atoms with Gasteiger partial charge in [-0.2, -0.15) is 0 Å². The van der Waals surface area contributed by atoms with Crippen molar-refractivity contribution in [2.75, 3.05) is 19.6 Å². The Bertz CT molecular complexity index is 822. The first-order valence-electron chi connectivity index (χ1n) is 9.41. The van der Waals surface area contributed by atoms with Crippen LogP contribution in [0.3, 0.4) is 0 Å². The Morgan fingerprint density at radius 1 is 1.04 bits per heavy atom. The third-order valence-electron chi connectivity index (χ3n) is 5.18. The number of Topliss-reactive ketones (excluding diaryl/α,β-unsaturated/α-hetero) is 1. The average Bonchev–Trinajstić information content (AvgIpc) is 3.21. The lowest BCUT2D eigenvalue weighted by molar-refractivity contribution is -0.122. The van der Waals surface area contributed by atoms with E-state index in [1.165, 1.54) is 0 Å². The Balaban J connectivity index is 1.77. The third kappa shape index (κ3) is 4.43. The van der Waals surface area contributed by atoms with Gasteiger partial charge < -0.3 is 16.4 Å². The molecule has 0 radical (unpaired) electrons. The van der Waals surface area contributed by atoms with Crippen LogP contribution in [-0.4, -0.2) is 41.8 Å². The van der Waals surface area contributed by atoms with Crippen molar-refractivity contribution in [2.24, 2.45) is 11.5 Å². The highest BCUT2D eigenvalue weighted by Crippen LogP contribution is 2.24. The van der Waals surface area contributed by atoms with Gasteiger partial charge in [0.1, 0.15) is 0 Å². The quantitative estimate of drug-likeness (QED) is 0.822. The number of benzene rings is 2. The molecule has 0 aromatic heterocycles. The molecule has 1 amide bonds. The van der Waals surface area contributed by atoms with Gasteiger partial charge in [-0.05, 0) is 55.0 Å². The molecule has 5 heteroatoms. The zero-order valence-electron chi connectivity index (χ0n) is 15.8. The molecule has 2 aromatic carbocycles. The molecule has 1 heterocycles. The molecule has 0 spiro atoms. The lowest BCUT2D eigenvalue weighted by atomic mass is 9.88. The van der Waals surface area contributed by atoms with Crippen LogP contribution in [-0.2, 0) is 11.2 Å². The van der Waals surface area contributed by atoms with Crippen molar-refractivity contribution in [3.8, 4) is 11.1 Å². The van der Waals surface area contributed by atoms with E-state index < -0.39 is 5.54 Å². The minimum Gasteiger partial charge on any atom is -0.339 e. The number of carbonyl (C=O) groups is 2. The molecule has 1 unspecified atom stereocenters. The maximum atomic E-state index is 12.5. The molecular formula is C22H27N3O2. The molecule has 1 aliphatic rings. The molecule has 4 N–H and O–H groups in total. The van der Waals surface area contributed by atoms with Gasteiger partial charge >= 0.3 is 0 Å². The second-order valence-corrected chi connectivity index (χ2v) is 7.50. The van der Waals surface area contributed by atoms with E-state index >= 15 is 0 Å². The Morgan fingerprint density at radius 3 is 2.33 bits per heavy atom. The van der Waals surface area contributed by atoms with Gasteiger partial charge in [0.05, 0.1) is 12.1 Å². The minimum atomic E-state index is -0.973. The van der Waals surface area contributed by atoms with E-state index in [0.29, 0.717) is 6.42 Å². The van der Waals surface area contributed by atoms with E-state index in [0.717, 1.165) is 48.2 Å². The van der Waals surface area contributed by atoms with E-state index in [1.807, 2.05) is 53.4 Å². The number of hydrogen-bond donors (Lipinski definition) is 2. The van der Waals surface area contributed by atoms with Gasteiger partial charge in [-0.25, -0.2) is 0 Å². The summed E-state index contributed by atoms with van der Waals surface area (Å²) in [6, 6.07) is 15.7. The SMILES string of the molecule is CC(N)(Cc1cccc(-c2ccc(C(=O)N3CCCC3)cc2)c1)C(=O)CN. The summed E-state index contributed by atoms with van der Waals surface area (Å²) in [4.78, 5) is 26.3. The Labute approximate surface area is 160 Å². The number of nitrogens with two attached hydrogens (primary N) is 2. The minimum absolute atomic E-state index is 0.0564. The van der Waals surface area contributed by atoms with Crippen molar-refractivity contribution in [3.05, 3.63) is 59.7 Å². The first-order valence-corrected chi connectivity index (χ1v) is 9.41. The van der Waals surface area contributed by atoms with Crippen molar-refractivity contribution in [2.45, 2.75) is 31.7 Å². The predicted molar refractivity (Wildman–Crippen MR) is 107 cm³/mol. The molecule has 1 fully saturated rings. The van der Waals surface area contributed by atoms with Crippen molar-refractivity contribution < 1.29 is 9.59 Å². The molecule has 142 valence electrons. The van der Waals surface area contributed by atoms with Gasteiger partial charge in [-0.15, -0.1) is 0 Å². The molecule has 3 rings (SSSR count). The third-order valence-corrected chi connectivity index (χ3v) is 5.18. The number of ketones is 1. The summed E-state index contributed by atoms with van der Waals surface area (Å²) in [5.41, 5.74) is 14.4. The van der Waals surface area contributed by atoms with Crippen molar-refractivity contribution in [1.82, 2.24) is 4.90 Å². The summed E-state index contributed by atoms with van der Waals surface area (Å²) < 4.78 is 0. The summed E-state index contributed by atoms with van der Waals surface area (Å²) in [6.07, 6.45) is 2.61. The van der Waals surface area contributed by atoms with Gasteiger partial charge in [0, 0.05) is 18.7 Å². The van der Waals surface area contributed by atoms with Crippen LogP contribution in [0.2, 0.25) is 0 Å². The first-order chi connectivity index (χ1) is 12.9. The fourth-order valence-corrected chi connectivity index (χ4v) is 3.52. The second kappa shape index (κ2) is 8.03. The van der Waals surface area contributed by atoms with E-state index in [1.54, 1.807) is 6.92 Å². The number of likely N-dealkylation sites (tertiary alicyclic amines) is 1. The number of rotatable bonds is 6. The molecule has 0 bridgehead atoms. The number of amides is 1. The van der Waals surface area contributed by atoms with Crippen LogP contribution < -0.4 is 11.5 Å². The van der Waals surface area contributed by atoms with Crippen molar-refractivity contribution >= 4 is 11.7 Å². The number of nitrogens with zero attached hydrogens (tertiary/aromatic N) is 1. The Kier molecular flexibility index (Phi) is 5.73. The van der Waals surface area contributed by atoms with E-state index in [-0.39, 0.29) is 18.2 Å². The van der Waals surface area contributed by atoms with Gasteiger partial charge in [0.25, 0.3) is 5.91 Å². The van der Waals surface area contributed by atoms with Crippen LogP contribution in [0, 0.1) is 0 Å². The highest BCUT2D eigenvalue weighted by Gasteiger charge is 2.27. The predicted octanol–water partition coefficient (Wildman–Crippen LogP) is 2.38. The Hall–Kier alpha value is -2.50. The standard InChI is InChI=1S/C22H27N3O2/c1-22(24,20(26)15-23)14-16-5-4-6-19(13-16)17-7-9-18(10-8-17)21(27)25-11-2-3-12-25/h4-10,13H,2-3,11-12,14-15,23-24H2,1H3. The fraction of sp³-hybridized carbons (Fsp3) is 0.364. The van der Waals surface area contributed by atoms with Crippen LogP contribution in [0.15, 0.2) is 48.5 Å². The summed E-state index contributed by atoms with van der Waals surface area (Å²) >= 11 is 0. The zero-order valence-corrected chi connectivity index (χ0v) is 15.8. The van der Waals surface area contributed by atoms with Crippen molar-refractivity contribution in [1.29, 1.82) is 0 Å². The van der Waals surface area contributed by atoms with Crippen molar-refractivity contribution in [3.63, 3.8) is 0 Å². The van der Waals surface area contributed by atoms with Crippen LogP contribution in [0.25, 0.3) is 11.1 Å². The molecule has 0 saturated carbocycles. The summed E-state index contributed by atoms with van der Waals surface area (Å²) in [7, 11) is 0. The highest BCUT2D eigenvalue weighted by molar-refractivity contribution is 5.95. The smallest absolute Gasteiger partial charge is 0.253 e. The lowest BCUT2D eigenvalue weighted by Gasteiger charge is -2.22. The fourth-order valence-electron chi connectivity index (χ4n) is 3.52. The Morgan fingerprint density at radius 2 is 1.70 bits per heavy atom. The van der Waals surface area contributed by atoms with E-state index in [2.05, 4.69) is 0 Å². The molecule has 2 aromatic rings. The van der Waals surface area contributed by atoms with Gasteiger partial charge in [0.15, 0.2) is 5.78 Å². The number of hydrogen-bond acceptors (Lipinski definition) is 4. The maximum Gasteiger partial charge on any atom is 0.253 e. The molecule has 0 aliphatic carbocycles. The van der Waals surface area contributed by atoms with E-state index in [4.69, 9.17) is 11.5 Å². The average molecular weight is 365 g/mol. The topological polar surface area (TPSA) is 89.4 Å². The first kappa shape index (κ1) is 19.3. The zero-order chi connectivity index (χ0) is 19.4. The second-order valence-electron chi connectivity index (χ2n) is 7.50. The normalized spacial score (nSPS) is 16.2. The van der Waals surface area contributed by atoms with Gasteiger partial charge in [0.2, 0.25) is 0 Å². The van der Waals surface area contributed by atoms with Gasteiger partial charge in [-0.1, -0.05) is 36.4 Å². The monoisotopic (exact) mass is 365 g/mol. The molecule has 1 saturated heterocycles. The molecule has 1 atom stereocenters. The van der Waals surface area contributed by atoms with Crippen LogP contribution in [0.1, 0.15) is 35.7 Å². The summed E-state index contributed by atoms with van der Waals surface area (Å²) in [5, 5.41) is 0. The highest BCUT2D eigenvalue weighted by atomic mass is 16.2. The van der Waals surface area contributed by atoms with E-state index in [9.17, 15) is 9.59 Å². The largest absolute Gasteiger partial charge is 0.339 e. The molecular weight excluding hydrogens is 338 g/mol. The van der Waals surface area contributed by atoms with Gasteiger partial charge in [-0.3, -0.25) is 9.59 Å². The maximum absolute atomic E-state index is 12.5.